The molecule has 0 atom stereocenters. The second-order valence-corrected chi connectivity index (χ2v) is 3.95. The second kappa shape index (κ2) is 5.95. The first-order chi connectivity index (χ1) is 9.16. The van der Waals surface area contributed by atoms with Crippen molar-refractivity contribution in [1.29, 1.82) is 0 Å². The summed E-state index contributed by atoms with van der Waals surface area (Å²) in [6, 6.07) is 9.28. The number of nitrogens with zero attached hydrogens (tertiary/aromatic N) is 1. The van der Waals surface area contributed by atoms with Gasteiger partial charge in [0.1, 0.15) is 5.82 Å². The average Bonchev–Trinajstić information content (AvgIpc) is 2.42. The lowest BCUT2D eigenvalue weighted by molar-refractivity contribution is 0.0503. The molecule has 5 heteroatoms. The zero-order valence-electron chi connectivity index (χ0n) is 10.2. The maximum absolute atomic E-state index is 13.4. The molecule has 0 fully saturated rings. The van der Waals surface area contributed by atoms with Crippen LogP contribution in [0.3, 0.4) is 0 Å². The van der Waals surface area contributed by atoms with Gasteiger partial charge in [0.15, 0.2) is 0 Å². The maximum Gasteiger partial charge on any atom is 0.341 e. The van der Waals surface area contributed by atoms with E-state index >= 15 is 0 Å². The Labute approximate surface area is 110 Å². The molecule has 0 aliphatic carbocycles. The van der Waals surface area contributed by atoms with Gasteiger partial charge in [0, 0.05) is 24.0 Å². The van der Waals surface area contributed by atoms with Crippen molar-refractivity contribution in [3.63, 3.8) is 0 Å². The minimum Gasteiger partial charge on any atom is -0.462 e. The molecule has 1 aromatic heterocycles. The number of rotatable bonds is 4. The standard InChI is InChI=1S/C14H13FN2O2/c15-13-5-4-10(16)9-12(13)14(18)19-8-6-11-3-1-2-7-17-11/h1-5,7,9H,6,8,16H2. The first-order valence-electron chi connectivity index (χ1n) is 5.79. The molecule has 0 bridgehead atoms. The Morgan fingerprint density at radius 1 is 1.32 bits per heavy atom. The molecular formula is C14H13FN2O2. The largest absolute Gasteiger partial charge is 0.462 e. The van der Waals surface area contributed by atoms with Crippen molar-refractivity contribution < 1.29 is 13.9 Å². The minimum atomic E-state index is -0.722. The third kappa shape index (κ3) is 3.51. The number of carbonyl (C=O) groups excluding carboxylic acids is 1. The Morgan fingerprint density at radius 2 is 2.16 bits per heavy atom. The van der Waals surface area contributed by atoms with Crippen LogP contribution in [0.2, 0.25) is 0 Å². The van der Waals surface area contributed by atoms with E-state index in [1.54, 1.807) is 12.3 Å². The molecule has 0 aliphatic heterocycles. The van der Waals surface area contributed by atoms with E-state index < -0.39 is 11.8 Å². The van der Waals surface area contributed by atoms with Crippen LogP contribution in [-0.4, -0.2) is 17.6 Å². The number of anilines is 1. The smallest absolute Gasteiger partial charge is 0.341 e. The van der Waals surface area contributed by atoms with E-state index in [9.17, 15) is 9.18 Å². The molecule has 0 amide bonds. The lowest BCUT2D eigenvalue weighted by atomic mass is 10.2. The monoisotopic (exact) mass is 260 g/mol. The van der Waals surface area contributed by atoms with Gasteiger partial charge >= 0.3 is 5.97 Å². The molecule has 2 aromatic rings. The zero-order chi connectivity index (χ0) is 13.7. The van der Waals surface area contributed by atoms with Gasteiger partial charge in [-0.15, -0.1) is 0 Å². The number of esters is 1. The lowest BCUT2D eigenvalue weighted by Gasteiger charge is -2.06. The van der Waals surface area contributed by atoms with Gasteiger partial charge in [-0.1, -0.05) is 6.07 Å². The van der Waals surface area contributed by atoms with Crippen LogP contribution in [0.5, 0.6) is 0 Å². The van der Waals surface area contributed by atoms with E-state index in [4.69, 9.17) is 10.5 Å². The molecule has 2 N–H and O–H groups in total. The molecule has 98 valence electrons. The molecular weight excluding hydrogens is 247 g/mol. The van der Waals surface area contributed by atoms with Crippen LogP contribution in [0.25, 0.3) is 0 Å². The number of hydrogen-bond donors (Lipinski definition) is 1. The molecule has 1 heterocycles. The summed E-state index contributed by atoms with van der Waals surface area (Å²) < 4.78 is 18.4. The number of ether oxygens (including phenoxy) is 1. The van der Waals surface area contributed by atoms with Gasteiger partial charge in [-0.05, 0) is 30.3 Å². The van der Waals surface area contributed by atoms with Crippen molar-refractivity contribution in [1.82, 2.24) is 4.98 Å². The van der Waals surface area contributed by atoms with E-state index in [0.29, 0.717) is 12.1 Å². The topological polar surface area (TPSA) is 65.2 Å². The number of carbonyl (C=O) groups is 1. The quantitative estimate of drug-likeness (QED) is 0.676. The molecule has 19 heavy (non-hydrogen) atoms. The predicted molar refractivity (Wildman–Crippen MR) is 69.0 cm³/mol. The van der Waals surface area contributed by atoms with Gasteiger partial charge < -0.3 is 10.5 Å². The van der Waals surface area contributed by atoms with E-state index in [1.807, 2.05) is 12.1 Å². The molecule has 0 unspecified atom stereocenters. The van der Waals surface area contributed by atoms with Crippen LogP contribution < -0.4 is 5.73 Å². The summed E-state index contributed by atoms with van der Waals surface area (Å²) in [5.74, 6) is -1.36. The molecule has 0 aliphatic rings. The highest BCUT2D eigenvalue weighted by molar-refractivity contribution is 5.90. The first-order valence-corrected chi connectivity index (χ1v) is 5.79. The van der Waals surface area contributed by atoms with Gasteiger partial charge in [-0.2, -0.15) is 0 Å². The summed E-state index contributed by atoms with van der Waals surface area (Å²) in [6.45, 7) is 0.143. The van der Waals surface area contributed by atoms with Crippen LogP contribution in [0.1, 0.15) is 16.1 Å². The van der Waals surface area contributed by atoms with Gasteiger partial charge in [0.2, 0.25) is 0 Å². The number of nitrogen functional groups attached to an aromatic ring is 1. The minimum absolute atomic E-state index is 0.143. The van der Waals surface area contributed by atoms with Crippen LogP contribution in [0.4, 0.5) is 10.1 Å². The normalized spacial score (nSPS) is 10.2. The first kappa shape index (κ1) is 13.0. The number of nitrogens with two attached hydrogens (primary N) is 1. The summed E-state index contributed by atoms with van der Waals surface area (Å²) in [7, 11) is 0. The van der Waals surface area contributed by atoms with Crippen LogP contribution >= 0.6 is 0 Å². The third-order valence-electron chi connectivity index (χ3n) is 2.53. The maximum atomic E-state index is 13.4. The number of pyridine rings is 1. The molecule has 1 aromatic carbocycles. The fraction of sp³-hybridized carbons (Fsp3) is 0.143. The molecule has 4 nitrogen and oxygen atoms in total. The van der Waals surface area contributed by atoms with Crippen LogP contribution in [-0.2, 0) is 11.2 Å². The Balaban J connectivity index is 1.93. The Bertz CT molecular complexity index is 573. The summed E-state index contributed by atoms with van der Waals surface area (Å²) >= 11 is 0. The van der Waals surface area contributed by atoms with E-state index in [2.05, 4.69) is 4.98 Å². The third-order valence-corrected chi connectivity index (χ3v) is 2.53. The molecule has 0 saturated heterocycles. The summed E-state index contributed by atoms with van der Waals surface area (Å²) in [5, 5.41) is 0. The van der Waals surface area contributed by atoms with Crippen molar-refractivity contribution in [2.24, 2.45) is 0 Å². The van der Waals surface area contributed by atoms with Gasteiger partial charge in [0.05, 0.1) is 12.2 Å². The number of benzene rings is 1. The molecule has 0 radical (unpaired) electrons. The highest BCUT2D eigenvalue weighted by Gasteiger charge is 2.13. The summed E-state index contributed by atoms with van der Waals surface area (Å²) in [4.78, 5) is 15.8. The summed E-state index contributed by atoms with van der Waals surface area (Å²) in [5.41, 5.74) is 6.48. The fourth-order valence-corrected chi connectivity index (χ4v) is 1.57. The summed E-state index contributed by atoms with van der Waals surface area (Å²) in [6.07, 6.45) is 2.14. The molecule has 0 saturated carbocycles. The number of aromatic nitrogens is 1. The molecule has 0 spiro atoms. The van der Waals surface area contributed by atoms with Gasteiger partial charge in [-0.3, -0.25) is 4.98 Å². The fourth-order valence-electron chi connectivity index (χ4n) is 1.57. The van der Waals surface area contributed by atoms with E-state index in [-0.39, 0.29) is 12.2 Å². The van der Waals surface area contributed by atoms with Crippen LogP contribution in [0.15, 0.2) is 42.6 Å². The van der Waals surface area contributed by atoms with Crippen molar-refractivity contribution in [2.75, 3.05) is 12.3 Å². The highest BCUT2D eigenvalue weighted by Crippen LogP contribution is 2.13. The average molecular weight is 260 g/mol. The predicted octanol–water partition coefficient (Wildman–Crippen LogP) is 2.20. The van der Waals surface area contributed by atoms with Crippen LogP contribution in [0, 0.1) is 5.82 Å². The van der Waals surface area contributed by atoms with E-state index in [0.717, 1.165) is 11.8 Å². The van der Waals surface area contributed by atoms with E-state index in [1.165, 1.54) is 12.1 Å². The SMILES string of the molecule is Nc1ccc(F)c(C(=O)OCCc2ccccn2)c1. The van der Waals surface area contributed by atoms with Gasteiger partial charge in [-0.25, -0.2) is 9.18 Å². The highest BCUT2D eigenvalue weighted by atomic mass is 19.1. The Kier molecular flexibility index (Phi) is 4.07. The number of halogens is 1. The Hall–Kier alpha value is -2.43. The van der Waals surface area contributed by atoms with Crippen molar-refractivity contribution >= 4 is 11.7 Å². The van der Waals surface area contributed by atoms with Crippen molar-refractivity contribution in [3.8, 4) is 0 Å². The van der Waals surface area contributed by atoms with Crippen molar-refractivity contribution in [2.45, 2.75) is 6.42 Å². The number of hydrogen-bond acceptors (Lipinski definition) is 4. The zero-order valence-corrected chi connectivity index (χ0v) is 10.2. The van der Waals surface area contributed by atoms with Gasteiger partial charge in [0.25, 0.3) is 0 Å². The second-order valence-electron chi connectivity index (χ2n) is 3.95. The molecule has 2 rings (SSSR count). The lowest BCUT2D eigenvalue weighted by Crippen LogP contribution is -2.11. The Morgan fingerprint density at radius 3 is 2.89 bits per heavy atom. The van der Waals surface area contributed by atoms with Crippen molar-refractivity contribution in [3.05, 3.63) is 59.7 Å².